The first-order chi connectivity index (χ1) is 12.0. The van der Waals surface area contributed by atoms with Gasteiger partial charge in [-0.1, -0.05) is 30.3 Å². The first kappa shape index (κ1) is 18.3. The Morgan fingerprint density at radius 3 is 2.52 bits per heavy atom. The zero-order chi connectivity index (χ0) is 18.2. The van der Waals surface area contributed by atoms with Crippen LogP contribution in [0.5, 0.6) is 5.75 Å². The highest BCUT2D eigenvalue weighted by molar-refractivity contribution is 5.90. The van der Waals surface area contributed by atoms with Gasteiger partial charge in [0, 0.05) is 6.54 Å². The average molecular weight is 342 g/mol. The summed E-state index contributed by atoms with van der Waals surface area (Å²) in [5.74, 6) is -0.472. The molecule has 25 heavy (non-hydrogen) atoms. The van der Waals surface area contributed by atoms with Crippen molar-refractivity contribution >= 4 is 17.6 Å². The summed E-state index contributed by atoms with van der Waals surface area (Å²) < 4.78 is 10.6. The largest absolute Gasteiger partial charge is 0.482 e. The molecule has 6 heteroatoms. The highest BCUT2D eigenvalue weighted by Gasteiger charge is 2.13. The van der Waals surface area contributed by atoms with Crippen LogP contribution in [0.1, 0.15) is 29.8 Å². The van der Waals surface area contributed by atoms with Gasteiger partial charge in [0.2, 0.25) is 0 Å². The van der Waals surface area contributed by atoms with E-state index >= 15 is 0 Å². The normalized spacial score (nSPS) is 10.4. The van der Waals surface area contributed by atoms with E-state index in [4.69, 9.17) is 15.2 Å². The Balaban J connectivity index is 1.91. The van der Waals surface area contributed by atoms with Gasteiger partial charge in [0.15, 0.2) is 6.61 Å². The lowest BCUT2D eigenvalue weighted by atomic mass is 10.2. The summed E-state index contributed by atoms with van der Waals surface area (Å²) in [5.41, 5.74) is 7.49. The van der Waals surface area contributed by atoms with Gasteiger partial charge in [0.1, 0.15) is 5.75 Å². The van der Waals surface area contributed by atoms with Crippen molar-refractivity contribution in [3.8, 4) is 5.75 Å². The lowest BCUT2D eigenvalue weighted by molar-refractivity contribution is -0.123. The molecule has 1 amide bonds. The molecule has 0 fully saturated rings. The molecule has 0 aliphatic carbocycles. The van der Waals surface area contributed by atoms with Crippen molar-refractivity contribution in [2.75, 3.05) is 12.3 Å². The molecule has 0 unspecified atom stereocenters. The fraction of sp³-hybridized carbons (Fsp3) is 0.263. The van der Waals surface area contributed by atoms with E-state index in [1.165, 1.54) is 6.07 Å². The fourth-order valence-electron chi connectivity index (χ4n) is 2.06. The van der Waals surface area contributed by atoms with Crippen molar-refractivity contribution in [2.24, 2.45) is 0 Å². The zero-order valence-electron chi connectivity index (χ0n) is 14.3. The summed E-state index contributed by atoms with van der Waals surface area (Å²) in [6.45, 7) is 3.76. The molecule has 132 valence electrons. The summed E-state index contributed by atoms with van der Waals surface area (Å²) in [4.78, 5) is 23.8. The van der Waals surface area contributed by atoms with Gasteiger partial charge in [-0.3, -0.25) is 4.79 Å². The number of benzene rings is 2. The number of carbonyl (C=O) groups excluding carboxylic acids is 2. The van der Waals surface area contributed by atoms with Gasteiger partial charge in [-0.25, -0.2) is 4.79 Å². The van der Waals surface area contributed by atoms with Crippen molar-refractivity contribution in [2.45, 2.75) is 26.5 Å². The standard InChI is InChI=1S/C19H22N2O4/c1-13(2)25-19(23)15-8-9-16(20)17(10-15)24-12-18(22)21-11-14-6-4-3-5-7-14/h3-10,13H,11-12,20H2,1-2H3,(H,21,22). The maximum absolute atomic E-state index is 11.9. The van der Waals surface area contributed by atoms with Gasteiger partial charge in [-0.15, -0.1) is 0 Å². The summed E-state index contributed by atoms with van der Waals surface area (Å²) in [6.07, 6.45) is -0.224. The molecule has 0 aliphatic heterocycles. The Bertz CT molecular complexity index is 729. The number of nitrogens with two attached hydrogens (primary N) is 1. The van der Waals surface area contributed by atoms with Crippen LogP contribution in [0.3, 0.4) is 0 Å². The van der Waals surface area contributed by atoms with Crippen LogP contribution in [0.2, 0.25) is 0 Å². The van der Waals surface area contributed by atoms with Gasteiger partial charge in [0.05, 0.1) is 17.4 Å². The Morgan fingerprint density at radius 1 is 1.12 bits per heavy atom. The number of amides is 1. The van der Waals surface area contributed by atoms with E-state index in [1.54, 1.807) is 26.0 Å². The minimum atomic E-state index is -0.464. The van der Waals surface area contributed by atoms with Gasteiger partial charge in [0.25, 0.3) is 5.91 Å². The molecule has 0 bridgehead atoms. The summed E-state index contributed by atoms with van der Waals surface area (Å²) in [6, 6.07) is 14.1. The molecule has 6 nitrogen and oxygen atoms in total. The fourth-order valence-corrected chi connectivity index (χ4v) is 2.06. The first-order valence-corrected chi connectivity index (χ1v) is 7.99. The van der Waals surface area contributed by atoms with Crippen molar-refractivity contribution in [3.63, 3.8) is 0 Å². The minimum absolute atomic E-state index is 0.195. The van der Waals surface area contributed by atoms with Crippen LogP contribution >= 0.6 is 0 Å². The monoisotopic (exact) mass is 342 g/mol. The van der Waals surface area contributed by atoms with Gasteiger partial charge < -0.3 is 20.5 Å². The number of nitrogen functional groups attached to an aromatic ring is 1. The van der Waals surface area contributed by atoms with Gasteiger partial charge in [-0.2, -0.15) is 0 Å². The van der Waals surface area contributed by atoms with Crippen LogP contribution in [-0.4, -0.2) is 24.6 Å². The van der Waals surface area contributed by atoms with Crippen LogP contribution in [-0.2, 0) is 16.1 Å². The van der Waals surface area contributed by atoms with E-state index in [2.05, 4.69) is 5.32 Å². The molecule has 0 aromatic heterocycles. The van der Waals surface area contributed by atoms with Crippen LogP contribution in [0.25, 0.3) is 0 Å². The maximum Gasteiger partial charge on any atom is 0.338 e. The summed E-state index contributed by atoms with van der Waals surface area (Å²) in [7, 11) is 0. The molecule has 0 atom stereocenters. The Labute approximate surface area is 146 Å². The molecule has 0 heterocycles. The van der Waals surface area contributed by atoms with Crippen molar-refractivity contribution in [1.82, 2.24) is 5.32 Å². The molecule has 0 saturated carbocycles. The molecular weight excluding hydrogens is 320 g/mol. The van der Waals surface area contributed by atoms with Gasteiger partial charge in [-0.05, 0) is 37.6 Å². The molecular formula is C19H22N2O4. The lowest BCUT2D eigenvalue weighted by Gasteiger charge is -2.12. The second-order valence-corrected chi connectivity index (χ2v) is 5.76. The van der Waals surface area contributed by atoms with E-state index < -0.39 is 5.97 Å². The van der Waals surface area contributed by atoms with E-state index in [0.29, 0.717) is 17.8 Å². The number of hydrogen-bond acceptors (Lipinski definition) is 5. The molecule has 2 aromatic rings. The molecule has 2 aromatic carbocycles. The molecule has 3 N–H and O–H groups in total. The maximum atomic E-state index is 11.9. The van der Waals surface area contributed by atoms with Crippen LogP contribution in [0.4, 0.5) is 5.69 Å². The first-order valence-electron chi connectivity index (χ1n) is 7.99. The molecule has 0 spiro atoms. The second kappa shape index (κ2) is 8.73. The minimum Gasteiger partial charge on any atom is -0.482 e. The number of ether oxygens (including phenoxy) is 2. The SMILES string of the molecule is CC(C)OC(=O)c1ccc(N)c(OCC(=O)NCc2ccccc2)c1. The highest BCUT2D eigenvalue weighted by Crippen LogP contribution is 2.23. The van der Waals surface area contributed by atoms with E-state index in [0.717, 1.165) is 5.56 Å². The quantitative estimate of drug-likeness (QED) is 0.596. The second-order valence-electron chi connectivity index (χ2n) is 5.76. The van der Waals surface area contributed by atoms with Crippen molar-refractivity contribution in [3.05, 3.63) is 59.7 Å². The topological polar surface area (TPSA) is 90.7 Å². The Morgan fingerprint density at radius 2 is 1.84 bits per heavy atom. The number of anilines is 1. The third-order valence-electron chi connectivity index (χ3n) is 3.28. The Hall–Kier alpha value is -3.02. The van der Waals surface area contributed by atoms with Crippen molar-refractivity contribution < 1.29 is 19.1 Å². The van der Waals surface area contributed by atoms with Gasteiger partial charge >= 0.3 is 5.97 Å². The number of hydrogen-bond donors (Lipinski definition) is 2. The summed E-state index contributed by atoms with van der Waals surface area (Å²) >= 11 is 0. The predicted octanol–water partition coefficient (Wildman–Crippen LogP) is 2.53. The zero-order valence-corrected chi connectivity index (χ0v) is 14.3. The van der Waals surface area contributed by atoms with E-state index in [1.807, 2.05) is 30.3 Å². The lowest BCUT2D eigenvalue weighted by Crippen LogP contribution is -2.28. The van der Waals surface area contributed by atoms with E-state index in [9.17, 15) is 9.59 Å². The number of rotatable bonds is 7. The van der Waals surface area contributed by atoms with Crippen LogP contribution < -0.4 is 15.8 Å². The number of esters is 1. The molecule has 0 saturated heterocycles. The average Bonchev–Trinajstić information content (AvgIpc) is 2.59. The summed E-state index contributed by atoms with van der Waals surface area (Å²) in [5, 5.41) is 2.76. The molecule has 2 rings (SSSR count). The molecule has 0 aliphatic rings. The third-order valence-corrected chi connectivity index (χ3v) is 3.28. The van der Waals surface area contributed by atoms with Crippen LogP contribution in [0, 0.1) is 0 Å². The predicted molar refractivity (Wildman–Crippen MR) is 95.2 cm³/mol. The molecule has 0 radical (unpaired) electrons. The van der Waals surface area contributed by atoms with E-state index in [-0.39, 0.29) is 24.4 Å². The number of nitrogens with one attached hydrogen (secondary N) is 1. The van der Waals surface area contributed by atoms with Crippen molar-refractivity contribution in [1.29, 1.82) is 0 Å². The third kappa shape index (κ3) is 5.84. The highest BCUT2D eigenvalue weighted by atomic mass is 16.5. The number of carbonyl (C=O) groups is 2. The van der Waals surface area contributed by atoms with Crippen LogP contribution in [0.15, 0.2) is 48.5 Å². The Kier molecular flexibility index (Phi) is 6.39. The smallest absolute Gasteiger partial charge is 0.338 e.